The van der Waals surface area contributed by atoms with E-state index in [1.807, 2.05) is 11.0 Å². The van der Waals surface area contributed by atoms with Gasteiger partial charge in [0, 0.05) is 74.2 Å². The van der Waals surface area contributed by atoms with E-state index < -0.39 is 0 Å². The van der Waals surface area contributed by atoms with Gasteiger partial charge in [-0.25, -0.2) is 4.98 Å². The maximum Gasteiger partial charge on any atom is 0.259 e. The second-order valence-corrected chi connectivity index (χ2v) is 12.2. The minimum absolute atomic E-state index is 0.0225. The molecular formula is C35H35ClN8O2. The van der Waals surface area contributed by atoms with Crippen LogP contribution < -0.4 is 4.90 Å². The van der Waals surface area contributed by atoms with Crippen molar-refractivity contribution in [3.05, 3.63) is 93.6 Å². The van der Waals surface area contributed by atoms with Crippen molar-refractivity contribution in [3.63, 3.8) is 0 Å². The molecule has 0 bridgehead atoms. The number of benzene rings is 2. The molecule has 3 aromatic rings. The van der Waals surface area contributed by atoms with E-state index in [1.54, 1.807) is 59.6 Å². The summed E-state index contributed by atoms with van der Waals surface area (Å²) in [5, 5.41) is 18.6. The topological polar surface area (TPSA) is 120 Å². The van der Waals surface area contributed by atoms with E-state index in [0.29, 0.717) is 76.9 Å². The van der Waals surface area contributed by atoms with Gasteiger partial charge in [0.2, 0.25) is 0 Å². The molecule has 0 N–H and O–H groups in total. The van der Waals surface area contributed by atoms with E-state index in [4.69, 9.17) is 27.1 Å². The summed E-state index contributed by atoms with van der Waals surface area (Å²) in [6.45, 7) is 7.07. The average molecular weight is 635 g/mol. The zero-order chi connectivity index (χ0) is 32.2. The van der Waals surface area contributed by atoms with Crippen molar-refractivity contribution < 1.29 is 9.59 Å². The van der Waals surface area contributed by atoms with Crippen LogP contribution >= 0.6 is 11.6 Å². The molecule has 0 aliphatic carbocycles. The van der Waals surface area contributed by atoms with Gasteiger partial charge in [0.05, 0.1) is 34.8 Å². The molecule has 234 valence electrons. The number of nitriles is 2. The van der Waals surface area contributed by atoms with Crippen LogP contribution in [0.2, 0.25) is 5.02 Å². The third-order valence-corrected chi connectivity index (χ3v) is 9.49. The Balaban J connectivity index is 1.07. The minimum Gasteiger partial charge on any atom is -0.353 e. The number of piperazine rings is 1. The number of carbonyl (C=O) groups is 2. The van der Waals surface area contributed by atoms with Crippen molar-refractivity contribution in [2.24, 2.45) is 4.99 Å². The molecule has 2 saturated heterocycles. The van der Waals surface area contributed by atoms with Crippen molar-refractivity contribution in [3.8, 4) is 12.1 Å². The van der Waals surface area contributed by atoms with E-state index in [-0.39, 0.29) is 11.8 Å². The monoisotopic (exact) mass is 634 g/mol. The second kappa shape index (κ2) is 13.7. The first-order valence-electron chi connectivity index (χ1n) is 15.7. The van der Waals surface area contributed by atoms with Gasteiger partial charge < -0.3 is 9.80 Å². The summed E-state index contributed by atoms with van der Waals surface area (Å²) in [5.41, 5.74) is 2.87. The molecule has 3 aliphatic rings. The molecule has 1 aromatic heterocycles. The lowest BCUT2D eigenvalue weighted by Gasteiger charge is -2.47. The van der Waals surface area contributed by atoms with Crippen molar-refractivity contribution in [1.82, 2.24) is 19.7 Å². The average Bonchev–Trinajstić information content (AvgIpc) is 3.61. The lowest BCUT2D eigenvalue weighted by atomic mass is 9.97. The number of amides is 2. The summed E-state index contributed by atoms with van der Waals surface area (Å²) in [4.78, 5) is 44.1. The number of anilines is 1. The van der Waals surface area contributed by atoms with Gasteiger partial charge in [0.25, 0.3) is 11.8 Å². The Morgan fingerprint density at radius 2 is 1.52 bits per heavy atom. The van der Waals surface area contributed by atoms with Crippen LogP contribution in [0.25, 0.3) is 0 Å². The number of nitrogens with zero attached hydrogens (tertiary/aromatic N) is 8. The van der Waals surface area contributed by atoms with Crippen LogP contribution in [-0.4, -0.2) is 95.2 Å². The third kappa shape index (κ3) is 6.32. The van der Waals surface area contributed by atoms with Gasteiger partial charge in [0.15, 0.2) is 0 Å². The molecule has 4 heterocycles. The predicted molar refractivity (Wildman–Crippen MR) is 176 cm³/mol. The Morgan fingerprint density at radius 1 is 0.891 bits per heavy atom. The zero-order valence-electron chi connectivity index (χ0n) is 25.8. The highest BCUT2D eigenvalue weighted by atomic mass is 35.5. The molecular weight excluding hydrogens is 600 g/mol. The number of hydrogen-bond donors (Lipinski definition) is 0. The van der Waals surface area contributed by atoms with Gasteiger partial charge in [-0.1, -0.05) is 18.5 Å². The summed E-state index contributed by atoms with van der Waals surface area (Å²) >= 11 is 6.85. The van der Waals surface area contributed by atoms with E-state index in [9.17, 15) is 9.59 Å². The summed E-state index contributed by atoms with van der Waals surface area (Å²) < 4.78 is 0. The maximum atomic E-state index is 13.3. The number of rotatable bonds is 6. The van der Waals surface area contributed by atoms with Crippen LogP contribution in [0.15, 0.2) is 65.8 Å². The first-order valence-corrected chi connectivity index (χ1v) is 16.1. The second-order valence-electron chi connectivity index (χ2n) is 11.8. The number of aliphatic imine (C=N–C) groups is 1. The highest BCUT2D eigenvalue weighted by Gasteiger charge is 2.35. The Bertz CT molecular complexity index is 1720. The smallest absolute Gasteiger partial charge is 0.259 e. The molecule has 1 atom stereocenters. The molecule has 0 saturated carbocycles. The summed E-state index contributed by atoms with van der Waals surface area (Å²) in [6, 6.07) is 20.2. The summed E-state index contributed by atoms with van der Waals surface area (Å²) in [7, 11) is 0. The molecule has 2 amide bonds. The van der Waals surface area contributed by atoms with Crippen LogP contribution in [0.3, 0.4) is 0 Å². The lowest BCUT2D eigenvalue weighted by Crippen LogP contribution is -2.58. The molecule has 46 heavy (non-hydrogen) atoms. The van der Waals surface area contributed by atoms with Crippen LogP contribution in [0, 0.1) is 22.7 Å². The molecule has 6 rings (SSSR count). The number of carbonyl (C=O) groups excluding carboxylic acids is 2. The predicted octanol–water partition coefficient (Wildman–Crippen LogP) is 4.59. The van der Waals surface area contributed by atoms with Crippen molar-refractivity contribution in [1.29, 1.82) is 10.5 Å². The van der Waals surface area contributed by atoms with Gasteiger partial charge in [-0.2, -0.15) is 10.5 Å². The van der Waals surface area contributed by atoms with E-state index in [1.165, 1.54) is 0 Å². The third-order valence-electron chi connectivity index (χ3n) is 9.21. The quantitative estimate of drug-likeness (QED) is 0.389. The largest absolute Gasteiger partial charge is 0.353 e. The molecule has 0 radical (unpaired) electrons. The highest BCUT2D eigenvalue weighted by molar-refractivity contribution is 6.33. The van der Waals surface area contributed by atoms with Gasteiger partial charge in [0.1, 0.15) is 11.7 Å². The number of halogens is 1. The van der Waals surface area contributed by atoms with E-state index in [0.717, 1.165) is 44.7 Å². The molecule has 11 heteroatoms. The molecule has 2 aromatic carbocycles. The zero-order valence-corrected chi connectivity index (χ0v) is 26.5. The Morgan fingerprint density at radius 3 is 2.11 bits per heavy atom. The maximum absolute atomic E-state index is 13.3. The first-order chi connectivity index (χ1) is 22.4. The Hall–Kier alpha value is -4.77. The first kappa shape index (κ1) is 31.2. The van der Waals surface area contributed by atoms with Crippen LogP contribution in [-0.2, 0) is 0 Å². The lowest BCUT2D eigenvalue weighted by molar-refractivity contribution is 0.0490. The molecule has 0 unspecified atom stereocenters. The number of aromatic nitrogens is 1. The Labute approximate surface area is 274 Å². The van der Waals surface area contributed by atoms with Crippen LogP contribution in [0.5, 0.6) is 0 Å². The standard InChI is InChI=1S/C35H35ClN8O2/c1-2-29-23-42(17-18-43(29)30-11-14-41(15-12-30)34(45)26-7-3-24(20-37)4-8-26)33-31(36)19-28(22-40-33)32-39-13-16-44(32)35(46)27-9-5-25(21-38)6-10-27/h3-10,19,22,29-30H,2,11-18,23H2,1H3/t29-/m0/s1. The summed E-state index contributed by atoms with van der Waals surface area (Å²) in [5.74, 6) is 1.13. The van der Waals surface area contributed by atoms with Crippen molar-refractivity contribution >= 4 is 35.1 Å². The van der Waals surface area contributed by atoms with Gasteiger partial charge in [-0.3, -0.25) is 24.4 Å². The minimum atomic E-state index is -0.174. The molecule has 0 spiro atoms. The number of amidine groups is 1. The van der Waals surface area contributed by atoms with Gasteiger partial charge >= 0.3 is 0 Å². The molecule has 2 fully saturated rings. The summed E-state index contributed by atoms with van der Waals surface area (Å²) in [6.07, 6.45) is 4.58. The van der Waals surface area contributed by atoms with Crippen molar-refractivity contribution in [2.45, 2.75) is 38.3 Å². The van der Waals surface area contributed by atoms with E-state index >= 15 is 0 Å². The SMILES string of the molecule is CC[C@H]1CN(c2ncc(C3=NCCN3C(=O)c3ccc(C#N)cc3)cc2Cl)CCN1C1CCN(C(=O)c2ccc(C#N)cc2)CC1. The van der Waals surface area contributed by atoms with Gasteiger partial charge in [-0.05, 0) is 73.9 Å². The van der Waals surface area contributed by atoms with Crippen molar-refractivity contribution in [2.75, 3.05) is 50.7 Å². The van der Waals surface area contributed by atoms with Crippen LogP contribution in [0.4, 0.5) is 5.82 Å². The fourth-order valence-electron chi connectivity index (χ4n) is 6.70. The number of piperidine rings is 1. The fraction of sp³-hybridized carbons (Fsp3) is 0.371. The normalized spacial score (nSPS) is 19.0. The Kier molecular flexibility index (Phi) is 9.30. The number of likely N-dealkylation sites (tertiary alicyclic amines) is 1. The number of pyridine rings is 1. The fourth-order valence-corrected chi connectivity index (χ4v) is 6.98. The van der Waals surface area contributed by atoms with Gasteiger partial charge in [-0.15, -0.1) is 0 Å². The van der Waals surface area contributed by atoms with Crippen LogP contribution in [0.1, 0.15) is 63.6 Å². The number of hydrogen-bond acceptors (Lipinski definition) is 8. The van der Waals surface area contributed by atoms with E-state index in [2.05, 4.69) is 33.9 Å². The highest BCUT2D eigenvalue weighted by Crippen LogP contribution is 2.31. The molecule has 3 aliphatic heterocycles. The molecule has 10 nitrogen and oxygen atoms in total.